The zero-order valence-electron chi connectivity index (χ0n) is 10.2. The summed E-state index contributed by atoms with van der Waals surface area (Å²) in [5.41, 5.74) is 0. The van der Waals surface area contributed by atoms with Crippen molar-refractivity contribution in [1.29, 1.82) is 0 Å². The van der Waals surface area contributed by atoms with Crippen LogP contribution in [-0.2, 0) is 9.59 Å². The van der Waals surface area contributed by atoms with Gasteiger partial charge in [-0.3, -0.25) is 9.59 Å². The number of aliphatic hydroxyl groups is 1. The first-order valence-corrected chi connectivity index (χ1v) is 6.31. The van der Waals surface area contributed by atoms with E-state index in [-0.39, 0.29) is 30.4 Å². The number of piperidine rings is 1. The minimum absolute atomic E-state index is 0.0301. The van der Waals surface area contributed by atoms with E-state index < -0.39 is 0 Å². The summed E-state index contributed by atoms with van der Waals surface area (Å²) < 4.78 is 0. The molecule has 0 spiro atoms. The fraction of sp³-hybridized carbons (Fsp3) is 0.833. The van der Waals surface area contributed by atoms with E-state index in [9.17, 15) is 14.7 Å². The van der Waals surface area contributed by atoms with Crippen molar-refractivity contribution < 1.29 is 14.7 Å². The molecule has 2 rings (SSSR count). The van der Waals surface area contributed by atoms with E-state index in [0.29, 0.717) is 25.3 Å². The minimum atomic E-state index is -0.105. The van der Waals surface area contributed by atoms with Crippen molar-refractivity contribution in [2.45, 2.75) is 32.2 Å². The van der Waals surface area contributed by atoms with Crippen LogP contribution in [0.2, 0.25) is 0 Å². The van der Waals surface area contributed by atoms with Gasteiger partial charge in [0.25, 0.3) is 0 Å². The first-order chi connectivity index (χ1) is 8.13. The average molecular weight is 240 g/mol. The van der Waals surface area contributed by atoms with Crippen LogP contribution < -0.4 is 5.32 Å². The van der Waals surface area contributed by atoms with E-state index >= 15 is 0 Å². The number of aliphatic hydroxyl groups excluding tert-OH is 1. The summed E-state index contributed by atoms with van der Waals surface area (Å²) in [5.74, 6) is 0.380. The van der Waals surface area contributed by atoms with Gasteiger partial charge in [0.1, 0.15) is 0 Å². The van der Waals surface area contributed by atoms with E-state index in [0.717, 1.165) is 13.0 Å². The van der Waals surface area contributed by atoms with Gasteiger partial charge in [-0.05, 0) is 18.8 Å². The number of nitrogens with zero attached hydrogens (tertiary/aromatic N) is 1. The molecule has 2 amide bonds. The van der Waals surface area contributed by atoms with Crippen molar-refractivity contribution >= 4 is 11.8 Å². The minimum Gasteiger partial charge on any atom is -0.394 e. The maximum atomic E-state index is 12.3. The molecule has 96 valence electrons. The summed E-state index contributed by atoms with van der Waals surface area (Å²) in [4.78, 5) is 25.1. The van der Waals surface area contributed by atoms with E-state index in [1.54, 1.807) is 4.90 Å². The van der Waals surface area contributed by atoms with Gasteiger partial charge < -0.3 is 15.3 Å². The number of amides is 2. The van der Waals surface area contributed by atoms with Crippen LogP contribution in [-0.4, -0.2) is 47.6 Å². The summed E-state index contributed by atoms with van der Waals surface area (Å²) in [6.45, 7) is 3.28. The van der Waals surface area contributed by atoms with Crippen LogP contribution in [0.1, 0.15) is 26.2 Å². The highest BCUT2D eigenvalue weighted by Crippen LogP contribution is 2.26. The van der Waals surface area contributed by atoms with E-state index in [1.165, 1.54) is 0 Å². The summed E-state index contributed by atoms with van der Waals surface area (Å²) in [5, 5.41) is 12.1. The van der Waals surface area contributed by atoms with Crippen molar-refractivity contribution in [2.75, 3.05) is 19.7 Å². The van der Waals surface area contributed by atoms with Gasteiger partial charge in [-0.1, -0.05) is 6.92 Å². The molecule has 0 radical (unpaired) electrons. The Kier molecular flexibility index (Phi) is 3.66. The summed E-state index contributed by atoms with van der Waals surface area (Å²) in [6, 6.07) is -0.0415. The molecule has 0 aromatic heterocycles. The molecule has 3 unspecified atom stereocenters. The lowest BCUT2D eigenvalue weighted by Crippen LogP contribution is -2.48. The van der Waals surface area contributed by atoms with Crippen LogP contribution in [0.3, 0.4) is 0 Å². The standard InChI is InChI=1S/C12H20N2O3/c1-8-4-5-14(10(8)7-15)12(17)9-2-3-11(16)13-6-9/h8-10,15H,2-7H2,1H3,(H,13,16). The van der Waals surface area contributed by atoms with Gasteiger partial charge in [-0.15, -0.1) is 0 Å². The molecular formula is C12H20N2O3. The van der Waals surface area contributed by atoms with Gasteiger partial charge in [0, 0.05) is 19.5 Å². The fourth-order valence-corrected chi connectivity index (χ4v) is 2.74. The van der Waals surface area contributed by atoms with Crippen molar-refractivity contribution in [2.24, 2.45) is 11.8 Å². The smallest absolute Gasteiger partial charge is 0.227 e. The molecule has 0 bridgehead atoms. The summed E-state index contributed by atoms with van der Waals surface area (Å²) in [7, 11) is 0. The lowest BCUT2D eigenvalue weighted by Gasteiger charge is -2.31. The zero-order valence-corrected chi connectivity index (χ0v) is 10.2. The molecule has 3 atom stereocenters. The van der Waals surface area contributed by atoms with Crippen LogP contribution in [0.4, 0.5) is 0 Å². The fourth-order valence-electron chi connectivity index (χ4n) is 2.74. The predicted octanol–water partition coefficient (Wildman–Crippen LogP) is -0.258. The summed E-state index contributed by atoms with van der Waals surface area (Å²) >= 11 is 0. The van der Waals surface area contributed by atoms with Crippen molar-refractivity contribution in [3.8, 4) is 0 Å². The highest BCUT2D eigenvalue weighted by atomic mass is 16.3. The lowest BCUT2D eigenvalue weighted by atomic mass is 9.96. The number of carbonyl (C=O) groups is 2. The van der Waals surface area contributed by atoms with E-state index in [2.05, 4.69) is 12.2 Å². The van der Waals surface area contributed by atoms with Gasteiger partial charge in [0.2, 0.25) is 11.8 Å². The van der Waals surface area contributed by atoms with Crippen molar-refractivity contribution in [3.63, 3.8) is 0 Å². The molecule has 2 saturated heterocycles. The Morgan fingerprint density at radius 1 is 1.53 bits per heavy atom. The average Bonchev–Trinajstić information content (AvgIpc) is 2.70. The predicted molar refractivity (Wildman–Crippen MR) is 62.1 cm³/mol. The molecular weight excluding hydrogens is 220 g/mol. The molecule has 2 aliphatic rings. The van der Waals surface area contributed by atoms with Crippen LogP contribution in [0.15, 0.2) is 0 Å². The van der Waals surface area contributed by atoms with Gasteiger partial charge in [0.05, 0.1) is 18.6 Å². The van der Waals surface area contributed by atoms with Gasteiger partial charge in [-0.2, -0.15) is 0 Å². The lowest BCUT2D eigenvalue weighted by molar-refractivity contribution is -0.139. The molecule has 2 N–H and O–H groups in total. The number of rotatable bonds is 2. The van der Waals surface area contributed by atoms with Crippen LogP contribution in [0.25, 0.3) is 0 Å². The van der Waals surface area contributed by atoms with Crippen LogP contribution >= 0.6 is 0 Å². The van der Waals surface area contributed by atoms with Crippen molar-refractivity contribution in [1.82, 2.24) is 10.2 Å². The molecule has 5 nitrogen and oxygen atoms in total. The van der Waals surface area contributed by atoms with Gasteiger partial charge >= 0.3 is 0 Å². The topological polar surface area (TPSA) is 69.6 Å². The molecule has 2 heterocycles. The molecule has 17 heavy (non-hydrogen) atoms. The third-order valence-corrected chi connectivity index (χ3v) is 3.97. The van der Waals surface area contributed by atoms with Gasteiger partial charge in [-0.25, -0.2) is 0 Å². The molecule has 0 aliphatic carbocycles. The Labute approximate surface area is 101 Å². The number of carbonyl (C=O) groups excluding carboxylic acids is 2. The molecule has 5 heteroatoms. The first-order valence-electron chi connectivity index (χ1n) is 6.31. The van der Waals surface area contributed by atoms with Crippen molar-refractivity contribution in [3.05, 3.63) is 0 Å². The Morgan fingerprint density at radius 3 is 2.88 bits per heavy atom. The molecule has 2 aliphatic heterocycles. The first kappa shape index (κ1) is 12.4. The Hall–Kier alpha value is -1.10. The highest BCUT2D eigenvalue weighted by molar-refractivity contribution is 5.84. The number of nitrogens with one attached hydrogen (secondary N) is 1. The largest absolute Gasteiger partial charge is 0.394 e. The van der Waals surface area contributed by atoms with E-state index in [1.807, 2.05) is 0 Å². The normalized spacial score (nSPS) is 33.6. The van der Waals surface area contributed by atoms with Gasteiger partial charge in [0.15, 0.2) is 0 Å². The SMILES string of the molecule is CC1CCN(C(=O)C2CCC(=O)NC2)C1CO. The maximum absolute atomic E-state index is 12.3. The Bertz CT molecular complexity index is 309. The third kappa shape index (κ3) is 2.44. The number of likely N-dealkylation sites (tertiary alicyclic amines) is 1. The Morgan fingerprint density at radius 2 is 2.29 bits per heavy atom. The van der Waals surface area contributed by atoms with E-state index in [4.69, 9.17) is 0 Å². The Balaban J connectivity index is 1.97. The summed E-state index contributed by atoms with van der Waals surface area (Å²) in [6.07, 6.45) is 2.02. The quantitative estimate of drug-likeness (QED) is 0.699. The monoisotopic (exact) mass is 240 g/mol. The second-order valence-corrected chi connectivity index (χ2v) is 5.09. The molecule has 0 aromatic carbocycles. The zero-order chi connectivity index (χ0) is 12.4. The maximum Gasteiger partial charge on any atom is 0.227 e. The second-order valence-electron chi connectivity index (χ2n) is 5.09. The number of hydrogen-bond donors (Lipinski definition) is 2. The second kappa shape index (κ2) is 5.04. The third-order valence-electron chi connectivity index (χ3n) is 3.97. The van der Waals surface area contributed by atoms with Crippen LogP contribution in [0, 0.1) is 11.8 Å². The molecule has 0 saturated carbocycles. The molecule has 2 fully saturated rings. The molecule has 0 aromatic rings. The number of hydrogen-bond acceptors (Lipinski definition) is 3. The highest BCUT2D eigenvalue weighted by Gasteiger charge is 2.37. The van der Waals surface area contributed by atoms with Crippen LogP contribution in [0.5, 0.6) is 0 Å².